The summed E-state index contributed by atoms with van der Waals surface area (Å²) in [5.74, 6) is -0.922. The van der Waals surface area contributed by atoms with Gasteiger partial charge in [0.15, 0.2) is 0 Å². The molecule has 0 spiro atoms. The molecule has 2 aromatic rings. The number of thioether (sulfide) groups is 1. The SMILES string of the molecule is CSc1cccc(NCc2ccoc2)c1C(=O)O. The first kappa shape index (κ1) is 12.6. The Balaban J connectivity index is 2.24. The van der Waals surface area contributed by atoms with Crippen LogP contribution in [0.5, 0.6) is 0 Å². The summed E-state index contributed by atoms with van der Waals surface area (Å²) < 4.78 is 4.97. The summed E-state index contributed by atoms with van der Waals surface area (Å²) in [7, 11) is 0. The van der Waals surface area contributed by atoms with Gasteiger partial charge in [0.05, 0.1) is 23.8 Å². The number of furan rings is 1. The van der Waals surface area contributed by atoms with Gasteiger partial charge in [-0.05, 0) is 24.5 Å². The molecule has 0 saturated heterocycles. The molecule has 0 aliphatic carbocycles. The van der Waals surface area contributed by atoms with Crippen LogP contribution in [0, 0.1) is 0 Å². The highest BCUT2D eigenvalue weighted by atomic mass is 32.2. The van der Waals surface area contributed by atoms with Crippen molar-refractivity contribution in [3.8, 4) is 0 Å². The van der Waals surface area contributed by atoms with Crippen molar-refractivity contribution < 1.29 is 14.3 Å². The van der Waals surface area contributed by atoms with E-state index in [0.717, 1.165) is 10.5 Å². The molecule has 1 heterocycles. The van der Waals surface area contributed by atoms with Crippen LogP contribution in [0.1, 0.15) is 15.9 Å². The average Bonchev–Trinajstić information content (AvgIpc) is 2.88. The second kappa shape index (κ2) is 5.64. The molecule has 0 fully saturated rings. The number of anilines is 1. The number of carboxylic acids is 1. The van der Waals surface area contributed by atoms with E-state index in [1.165, 1.54) is 11.8 Å². The highest BCUT2D eigenvalue weighted by molar-refractivity contribution is 7.98. The van der Waals surface area contributed by atoms with Gasteiger partial charge in [-0.3, -0.25) is 0 Å². The largest absolute Gasteiger partial charge is 0.478 e. The third-order valence-corrected chi connectivity index (χ3v) is 3.30. The average molecular weight is 263 g/mol. The third kappa shape index (κ3) is 2.68. The molecule has 0 amide bonds. The topological polar surface area (TPSA) is 62.5 Å². The zero-order chi connectivity index (χ0) is 13.0. The minimum atomic E-state index is -0.922. The van der Waals surface area contributed by atoms with Gasteiger partial charge in [0, 0.05) is 17.0 Å². The monoisotopic (exact) mass is 263 g/mol. The number of hydrogen-bond donors (Lipinski definition) is 2. The van der Waals surface area contributed by atoms with Crippen molar-refractivity contribution in [3.05, 3.63) is 47.9 Å². The van der Waals surface area contributed by atoms with Crippen molar-refractivity contribution >= 4 is 23.4 Å². The molecule has 0 atom stereocenters. The van der Waals surface area contributed by atoms with Crippen LogP contribution in [0.15, 0.2) is 46.1 Å². The first-order chi connectivity index (χ1) is 8.72. The van der Waals surface area contributed by atoms with Gasteiger partial charge < -0.3 is 14.8 Å². The first-order valence-corrected chi connectivity index (χ1v) is 6.60. The minimum Gasteiger partial charge on any atom is -0.478 e. The Kier molecular flexibility index (Phi) is 3.94. The van der Waals surface area contributed by atoms with Crippen molar-refractivity contribution in [1.29, 1.82) is 0 Å². The highest BCUT2D eigenvalue weighted by Crippen LogP contribution is 2.27. The Morgan fingerprint density at radius 3 is 2.89 bits per heavy atom. The molecule has 2 N–H and O–H groups in total. The minimum absolute atomic E-state index is 0.313. The van der Waals surface area contributed by atoms with Crippen molar-refractivity contribution in [3.63, 3.8) is 0 Å². The summed E-state index contributed by atoms with van der Waals surface area (Å²) in [4.78, 5) is 12.0. The molecule has 5 heteroatoms. The van der Waals surface area contributed by atoms with Crippen LogP contribution in [0.2, 0.25) is 0 Å². The molecule has 2 rings (SSSR count). The number of rotatable bonds is 5. The summed E-state index contributed by atoms with van der Waals surface area (Å²) in [5, 5.41) is 12.4. The fraction of sp³-hybridized carbons (Fsp3) is 0.154. The number of carbonyl (C=O) groups is 1. The Hall–Kier alpha value is -1.88. The molecule has 0 bridgehead atoms. The van der Waals surface area contributed by atoms with Crippen molar-refractivity contribution in [2.24, 2.45) is 0 Å². The van der Waals surface area contributed by atoms with E-state index in [1.807, 2.05) is 18.4 Å². The number of nitrogens with one attached hydrogen (secondary N) is 1. The van der Waals surface area contributed by atoms with Crippen LogP contribution >= 0.6 is 11.8 Å². The number of hydrogen-bond acceptors (Lipinski definition) is 4. The molecule has 0 radical (unpaired) electrons. The second-order valence-electron chi connectivity index (χ2n) is 3.67. The van der Waals surface area contributed by atoms with Gasteiger partial charge in [0.1, 0.15) is 0 Å². The predicted molar refractivity (Wildman–Crippen MR) is 71.2 cm³/mol. The fourth-order valence-electron chi connectivity index (χ4n) is 1.66. The van der Waals surface area contributed by atoms with E-state index in [9.17, 15) is 9.90 Å². The number of benzene rings is 1. The van der Waals surface area contributed by atoms with Crippen LogP contribution in [-0.2, 0) is 6.54 Å². The highest BCUT2D eigenvalue weighted by Gasteiger charge is 2.14. The maximum absolute atomic E-state index is 11.3. The predicted octanol–water partition coefficient (Wildman–Crippen LogP) is 3.31. The van der Waals surface area contributed by atoms with Gasteiger partial charge in [-0.1, -0.05) is 6.07 Å². The van der Waals surface area contributed by atoms with Crippen molar-refractivity contribution in [2.45, 2.75) is 11.4 Å². The maximum Gasteiger partial charge on any atom is 0.338 e. The van der Waals surface area contributed by atoms with Gasteiger partial charge in [0.2, 0.25) is 0 Å². The van der Waals surface area contributed by atoms with E-state index in [2.05, 4.69) is 5.32 Å². The van der Waals surface area contributed by atoms with Crippen LogP contribution in [0.4, 0.5) is 5.69 Å². The molecule has 1 aromatic carbocycles. The molecule has 0 saturated carbocycles. The Morgan fingerprint density at radius 2 is 2.28 bits per heavy atom. The number of carboxylic acid groups (broad SMARTS) is 1. The summed E-state index contributed by atoms with van der Waals surface area (Å²) >= 11 is 1.42. The molecule has 94 valence electrons. The van der Waals surface area contributed by atoms with E-state index in [1.54, 1.807) is 24.7 Å². The van der Waals surface area contributed by atoms with E-state index in [4.69, 9.17) is 4.42 Å². The van der Waals surface area contributed by atoms with Gasteiger partial charge in [-0.15, -0.1) is 11.8 Å². The molecule has 18 heavy (non-hydrogen) atoms. The lowest BCUT2D eigenvalue weighted by Crippen LogP contribution is -2.07. The van der Waals surface area contributed by atoms with Crippen LogP contribution in [0.25, 0.3) is 0 Å². The van der Waals surface area contributed by atoms with E-state index >= 15 is 0 Å². The fourth-order valence-corrected chi connectivity index (χ4v) is 2.28. The van der Waals surface area contributed by atoms with Crippen LogP contribution in [-0.4, -0.2) is 17.3 Å². The molecule has 4 nitrogen and oxygen atoms in total. The summed E-state index contributed by atoms with van der Waals surface area (Å²) in [6.07, 6.45) is 5.08. The quantitative estimate of drug-likeness (QED) is 0.810. The lowest BCUT2D eigenvalue weighted by Gasteiger charge is -2.11. The second-order valence-corrected chi connectivity index (χ2v) is 4.52. The third-order valence-electron chi connectivity index (χ3n) is 2.52. The van der Waals surface area contributed by atoms with E-state index in [0.29, 0.717) is 17.8 Å². The first-order valence-electron chi connectivity index (χ1n) is 5.37. The molecule has 0 aliphatic heterocycles. The van der Waals surface area contributed by atoms with Gasteiger partial charge >= 0.3 is 5.97 Å². The summed E-state index contributed by atoms with van der Waals surface area (Å²) in [6, 6.07) is 7.25. The molecule has 1 aromatic heterocycles. The summed E-state index contributed by atoms with van der Waals surface area (Å²) in [6.45, 7) is 0.536. The van der Waals surface area contributed by atoms with Crippen molar-refractivity contribution in [1.82, 2.24) is 0 Å². The molecular formula is C13H13NO3S. The Morgan fingerprint density at radius 1 is 1.44 bits per heavy atom. The van der Waals surface area contributed by atoms with Gasteiger partial charge in [-0.25, -0.2) is 4.79 Å². The van der Waals surface area contributed by atoms with Gasteiger partial charge in [-0.2, -0.15) is 0 Å². The zero-order valence-electron chi connectivity index (χ0n) is 9.84. The van der Waals surface area contributed by atoms with E-state index in [-0.39, 0.29) is 0 Å². The van der Waals surface area contributed by atoms with Gasteiger partial charge in [0.25, 0.3) is 0 Å². The zero-order valence-corrected chi connectivity index (χ0v) is 10.7. The maximum atomic E-state index is 11.3. The smallest absolute Gasteiger partial charge is 0.338 e. The number of aromatic carboxylic acids is 1. The molecule has 0 aliphatic rings. The summed E-state index contributed by atoms with van der Waals surface area (Å²) in [5.41, 5.74) is 1.91. The molecular weight excluding hydrogens is 250 g/mol. The standard InChI is InChI=1S/C13H13NO3S/c1-18-11-4-2-3-10(12(11)13(15)16)14-7-9-5-6-17-8-9/h2-6,8,14H,7H2,1H3,(H,15,16). The van der Waals surface area contributed by atoms with Crippen LogP contribution in [0.3, 0.4) is 0 Å². The van der Waals surface area contributed by atoms with Crippen molar-refractivity contribution in [2.75, 3.05) is 11.6 Å². The lowest BCUT2D eigenvalue weighted by atomic mass is 10.1. The Labute approximate surface area is 109 Å². The lowest BCUT2D eigenvalue weighted by molar-refractivity contribution is 0.0694. The Bertz CT molecular complexity index is 537. The van der Waals surface area contributed by atoms with E-state index < -0.39 is 5.97 Å². The van der Waals surface area contributed by atoms with Crippen LogP contribution < -0.4 is 5.32 Å². The molecule has 0 unspecified atom stereocenters. The normalized spacial score (nSPS) is 10.3.